The van der Waals surface area contributed by atoms with Gasteiger partial charge < -0.3 is 34.5 Å². The van der Waals surface area contributed by atoms with Crippen LogP contribution in [0.15, 0.2) is 36.4 Å². The zero-order valence-electron chi connectivity index (χ0n) is 20.2. The van der Waals surface area contributed by atoms with E-state index < -0.39 is 0 Å². The molecule has 1 saturated heterocycles. The Balaban J connectivity index is 1.30. The monoisotopic (exact) mass is 495 g/mol. The van der Waals surface area contributed by atoms with Gasteiger partial charge in [0.2, 0.25) is 12.7 Å². The van der Waals surface area contributed by atoms with Crippen molar-refractivity contribution in [3.8, 4) is 17.2 Å². The minimum atomic E-state index is -0.342. The molecule has 3 aliphatic rings. The van der Waals surface area contributed by atoms with Crippen molar-refractivity contribution in [3.63, 3.8) is 0 Å². The second-order valence-corrected chi connectivity index (χ2v) is 9.06. The summed E-state index contributed by atoms with van der Waals surface area (Å²) in [5.74, 6) is 0.936. The van der Waals surface area contributed by atoms with Crippen LogP contribution >= 0.6 is 0 Å². The lowest BCUT2D eigenvalue weighted by molar-refractivity contribution is -0.133. The predicted octanol–water partition coefficient (Wildman–Crippen LogP) is 2.57. The Morgan fingerprint density at radius 3 is 2.67 bits per heavy atom. The third-order valence-corrected chi connectivity index (χ3v) is 6.69. The molecule has 0 bridgehead atoms. The summed E-state index contributed by atoms with van der Waals surface area (Å²) in [6.45, 7) is 2.84. The number of ether oxygens (including phenoxy) is 4. The molecule has 2 aromatic rings. The number of hydrogen-bond donors (Lipinski definition) is 2. The predicted molar refractivity (Wildman–Crippen MR) is 130 cm³/mol. The van der Waals surface area contributed by atoms with E-state index in [1.54, 1.807) is 48.3 Å². The maximum absolute atomic E-state index is 13.4. The standard InChI is InChI=1S/C26H29N3O7/c1-3-27-24(30)12-17-6-7-19-23(36-17)13-33-20-9-5-16(11-18(20)26(32)29(19)2)28-25(31)15-4-8-21-22(10-15)35-14-34-21/h4-5,8-11,17,19,23H,3,6-7,12-14H2,1-2H3,(H,27,30)(H,28,31)/t17-,19+,23-/m0/s1. The van der Waals surface area contributed by atoms with Crippen molar-refractivity contribution in [1.29, 1.82) is 0 Å². The van der Waals surface area contributed by atoms with Gasteiger partial charge >= 0.3 is 0 Å². The fourth-order valence-corrected chi connectivity index (χ4v) is 4.82. The fraction of sp³-hybridized carbons (Fsp3) is 0.423. The molecule has 2 aromatic carbocycles. The van der Waals surface area contributed by atoms with Crippen LogP contribution in [0.3, 0.4) is 0 Å². The molecule has 0 unspecified atom stereocenters. The van der Waals surface area contributed by atoms with Crippen LogP contribution in [0, 0.1) is 0 Å². The average Bonchev–Trinajstić information content (AvgIpc) is 3.35. The minimum Gasteiger partial charge on any atom is -0.490 e. The molecule has 36 heavy (non-hydrogen) atoms. The van der Waals surface area contributed by atoms with E-state index in [1.807, 2.05) is 6.92 Å². The van der Waals surface area contributed by atoms with E-state index in [-0.39, 0.29) is 55.8 Å². The molecule has 190 valence electrons. The number of nitrogens with one attached hydrogen (secondary N) is 2. The molecular formula is C26H29N3O7. The summed E-state index contributed by atoms with van der Waals surface area (Å²) in [6.07, 6.45) is 1.12. The first-order valence-electron chi connectivity index (χ1n) is 12.1. The molecule has 10 nitrogen and oxygen atoms in total. The topological polar surface area (TPSA) is 115 Å². The Kier molecular flexibility index (Phi) is 6.69. The van der Waals surface area contributed by atoms with Crippen LogP contribution in [0.1, 0.15) is 46.9 Å². The lowest BCUT2D eigenvalue weighted by Crippen LogP contribution is -2.54. The third-order valence-electron chi connectivity index (χ3n) is 6.69. The van der Waals surface area contributed by atoms with Crippen molar-refractivity contribution in [1.82, 2.24) is 10.2 Å². The number of carbonyl (C=O) groups excluding carboxylic acids is 3. The molecule has 10 heteroatoms. The second kappa shape index (κ2) is 10.1. The van der Waals surface area contributed by atoms with Gasteiger partial charge in [0, 0.05) is 24.8 Å². The van der Waals surface area contributed by atoms with Gasteiger partial charge in [0.15, 0.2) is 11.5 Å². The van der Waals surface area contributed by atoms with Gasteiger partial charge in [-0.1, -0.05) is 0 Å². The molecule has 5 rings (SSSR count). The minimum absolute atomic E-state index is 0.0437. The molecule has 0 saturated carbocycles. The summed E-state index contributed by atoms with van der Waals surface area (Å²) in [5.41, 5.74) is 1.25. The van der Waals surface area contributed by atoms with Crippen LogP contribution < -0.4 is 24.8 Å². The van der Waals surface area contributed by atoms with Crippen molar-refractivity contribution < 1.29 is 33.3 Å². The smallest absolute Gasteiger partial charge is 0.257 e. The Bertz CT molecular complexity index is 1180. The zero-order chi connectivity index (χ0) is 25.2. The number of benzene rings is 2. The molecule has 0 radical (unpaired) electrons. The molecule has 3 aliphatic heterocycles. The number of fused-ring (bicyclic) bond motifs is 3. The van der Waals surface area contributed by atoms with E-state index in [0.29, 0.717) is 53.4 Å². The summed E-state index contributed by atoms with van der Waals surface area (Å²) >= 11 is 0. The largest absolute Gasteiger partial charge is 0.490 e. The molecule has 3 heterocycles. The number of hydrogen-bond acceptors (Lipinski definition) is 7. The Hall–Kier alpha value is -3.79. The zero-order valence-corrected chi connectivity index (χ0v) is 20.2. The summed E-state index contributed by atoms with van der Waals surface area (Å²) in [7, 11) is 1.75. The third kappa shape index (κ3) is 4.81. The molecular weight excluding hydrogens is 466 g/mol. The van der Waals surface area contributed by atoms with E-state index in [0.717, 1.165) is 0 Å². The summed E-state index contributed by atoms with van der Waals surface area (Å²) in [4.78, 5) is 39.9. The quantitative estimate of drug-likeness (QED) is 0.655. The lowest BCUT2D eigenvalue weighted by Gasteiger charge is -2.42. The molecule has 0 aliphatic carbocycles. The van der Waals surface area contributed by atoms with Crippen molar-refractivity contribution in [2.75, 3.05) is 32.3 Å². The highest BCUT2D eigenvalue weighted by Crippen LogP contribution is 2.34. The first-order valence-corrected chi connectivity index (χ1v) is 12.1. The van der Waals surface area contributed by atoms with Gasteiger partial charge in [-0.3, -0.25) is 14.4 Å². The summed E-state index contributed by atoms with van der Waals surface area (Å²) in [5, 5.41) is 5.64. The highest BCUT2D eigenvalue weighted by atomic mass is 16.7. The van der Waals surface area contributed by atoms with Crippen molar-refractivity contribution in [2.24, 2.45) is 0 Å². The van der Waals surface area contributed by atoms with Gasteiger partial charge in [0.25, 0.3) is 11.8 Å². The van der Waals surface area contributed by atoms with Crippen LogP contribution in [-0.2, 0) is 9.53 Å². The lowest BCUT2D eigenvalue weighted by atomic mass is 9.94. The number of anilines is 1. The number of rotatable bonds is 5. The molecule has 2 N–H and O–H groups in total. The van der Waals surface area contributed by atoms with Crippen LogP contribution in [0.25, 0.3) is 0 Å². The molecule has 3 amide bonds. The number of likely N-dealkylation sites (N-methyl/N-ethyl adjacent to an activating group) is 1. The van der Waals surface area contributed by atoms with Crippen molar-refractivity contribution in [3.05, 3.63) is 47.5 Å². The normalized spacial score (nSPS) is 22.4. The molecule has 0 aromatic heterocycles. The Morgan fingerprint density at radius 2 is 1.83 bits per heavy atom. The second-order valence-electron chi connectivity index (χ2n) is 9.06. The maximum Gasteiger partial charge on any atom is 0.257 e. The van der Waals surface area contributed by atoms with Crippen LogP contribution in [0.2, 0.25) is 0 Å². The average molecular weight is 496 g/mol. The van der Waals surface area contributed by atoms with E-state index in [4.69, 9.17) is 18.9 Å². The maximum atomic E-state index is 13.4. The van der Waals surface area contributed by atoms with Gasteiger partial charge in [-0.2, -0.15) is 0 Å². The SMILES string of the molecule is CCNC(=O)C[C@@H]1CC[C@@H]2[C@H](COc3ccc(NC(=O)c4ccc5c(c4)OCO5)cc3C(=O)N2C)O1. The number of amides is 3. The van der Waals surface area contributed by atoms with E-state index in [2.05, 4.69) is 10.6 Å². The Morgan fingerprint density at radius 1 is 1.03 bits per heavy atom. The van der Waals surface area contributed by atoms with Crippen molar-refractivity contribution in [2.45, 2.75) is 44.4 Å². The van der Waals surface area contributed by atoms with Crippen LogP contribution in [-0.4, -0.2) is 67.9 Å². The highest BCUT2D eigenvalue weighted by molar-refractivity contribution is 6.06. The summed E-state index contributed by atoms with van der Waals surface area (Å²) in [6, 6.07) is 9.77. The van der Waals surface area contributed by atoms with E-state index in [1.165, 1.54) is 0 Å². The highest BCUT2D eigenvalue weighted by Gasteiger charge is 2.39. The van der Waals surface area contributed by atoms with Gasteiger partial charge in [-0.15, -0.1) is 0 Å². The number of nitrogens with zero attached hydrogens (tertiary/aromatic N) is 1. The van der Waals surface area contributed by atoms with E-state index in [9.17, 15) is 14.4 Å². The first-order chi connectivity index (χ1) is 17.4. The van der Waals surface area contributed by atoms with Gasteiger partial charge in [-0.25, -0.2) is 0 Å². The Labute approximate surface area is 208 Å². The summed E-state index contributed by atoms with van der Waals surface area (Å²) < 4.78 is 22.8. The van der Waals surface area contributed by atoms with Gasteiger partial charge in [0.05, 0.1) is 24.1 Å². The first kappa shape index (κ1) is 23.9. The van der Waals surface area contributed by atoms with E-state index >= 15 is 0 Å². The number of carbonyl (C=O) groups is 3. The van der Waals surface area contributed by atoms with Crippen LogP contribution in [0.4, 0.5) is 5.69 Å². The fourth-order valence-electron chi connectivity index (χ4n) is 4.82. The molecule has 0 spiro atoms. The molecule has 3 atom stereocenters. The van der Waals surface area contributed by atoms with Crippen molar-refractivity contribution >= 4 is 23.4 Å². The van der Waals surface area contributed by atoms with Gasteiger partial charge in [0.1, 0.15) is 18.5 Å². The van der Waals surface area contributed by atoms with Crippen LogP contribution in [0.5, 0.6) is 17.2 Å². The molecule has 1 fully saturated rings. The van der Waals surface area contributed by atoms with Gasteiger partial charge in [-0.05, 0) is 56.2 Å².